The van der Waals surface area contributed by atoms with Crippen LogP contribution in [-0.4, -0.2) is 25.0 Å². The Morgan fingerprint density at radius 1 is 0.846 bits per heavy atom. The Labute approximate surface area is 227 Å². The summed E-state index contributed by atoms with van der Waals surface area (Å²) < 4.78 is 35.3. The number of hydrogen-bond acceptors (Lipinski definition) is 5. The van der Waals surface area contributed by atoms with Crippen LogP contribution in [0.15, 0.2) is 114 Å². The SMILES string of the molecule is Cc1ccc(S(=O)(=O)N[C@@](C)(C(=O)OCc2ccccc2)[C@@H](O)c2c3ccccc3cc3ccccc23)cc1. The highest BCUT2D eigenvalue weighted by molar-refractivity contribution is 7.89. The summed E-state index contributed by atoms with van der Waals surface area (Å²) >= 11 is 0. The van der Waals surface area contributed by atoms with E-state index in [2.05, 4.69) is 4.72 Å². The van der Waals surface area contributed by atoms with Gasteiger partial charge < -0.3 is 9.84 Å². The van der Waals surface area contributed by atoms with E-state index < -0.39 is 27.6 Å². The van der Waals surface area contributed by atoms with E-state index in [1.165, 1.54) is 19.1 Å². The average Bonchev–Trinajstić information content (AvgIpc) is 2.94. The fourth-order valence-corrected chi connectivity index (χ4v) is 6.14. The van der Waals surface area contributed by atoms with Crippen LogP contribution in [0.3, 0.4) is 0 Å². The molecule has 0 saturated carbocycles. The molecule has 0 amide bonds. The van der Waals surface area contributed by atoms with Crippen LogP contribution in [0.25, 0.3) is 21.5 Å². The molecule has 5 aromatic carbocycles. The minimum atomic E-state index is -4.23. The molecule has 0 spiro atoms. The van der Waals surface area contributed by atoms with Gasteiger partial charge >= 0.3 is 5.97 Å². The maximum Gasteiger partial charge on any atom is 0.330 e. The molecule has 0 unspecified atom stereocenters. The van der Waals surface area contributed by atoms with Gasteiger partial charge in [-0.1, -0.05) is 96.6 Å². The summed E-state index contributed by atoms with van der Waals surface area (Å²) in [6.45, 7) is 3.14. The molecular weight excluding hydrogens is 510 g/mol. The third kappa shape index (κ3) is 5.29. The molecule has 0 aliphatic carbocycles. The number of sulfonamides is 1. The van der Waals surface area contributed by atoms with E-state index in [4.69, 9.17) is 4.74 Å². The summed E-state index contributed by atoms with van der Waals surface area (Å²) in [4.78, 5) is 13.8. The topological polar surface area (TPSA) is 92.7 Å². The van der Waals surface area contributed by atoms with Gasteiger partial charge in [0.25, 0.3) is 0 Å². The number of aliphatic hydroxyl groups excluding tert-OH is 1. The van der Waals surface area contributed by atoms with Crippen molar-refractivity contribution in [2.45, 2.75) is 37.0 Å². The Kier molecular flexibility index (Phi) is 7.23. The van der Waals surface area contributed by atoms with Crippen molar-refractivity contribution in [2.24, 2.45) is 0 Å². The molecule has 6 nitrogen and oxygen atoms in total. The number of nitrogens with one attached hydrogen (secondary N) is 1. The normalized spacial score (nSPS) is 14.1. The maximum atomic E-state index is 13.8. The van der Waals surface area contributed by atoms with Gasteiger partial charge in [-0.05, 0) is 64.7 Å². The van der Waals surface area contributed by atoms with Crippen LogP contribution >= 0.6 is 0 Å². The van der Waals surface area contributed by atoms with Crippen molar-refractivity contribution in [2.75, 3.05) is 0 Å². The first-order valence-corrected chi connectivity index (χ1v) is 14.1. The van der Waals surface area contributed by atoms with E-state index in [1.54, 1.807) is 24.3 Å². The molecule has 5 rings (SSSR count). The highest BCUT2D eigenvalue weighted by Gasteiger charge is 2.47. The lowest BCUT2D eigenvalue weighted by Crippen LogP contribution is -2.56. The Hall–Kier alpha value is -4.04. The minimum Gasteiger partial charge on any atom is -0.459 e. The van der Waals surface area contributed by atoms with E-state index in [-0.39, 0.29) is 11.5 Å². The Morgan fingerprint density at radius 2 is 1.38 bits per heavy atom. The van der Waals surface area contributed by atoms with Gasteiger partial charge in [-0.25, -0.2) is 13.2 Å². The zero-order chi connectivity index (χ0) is 27.6. The second-order valence-electron chi connectivity index (χ2n) is 9.82. The van der Waals surface area contributed by atoms with Crippen molar-refractivity contribution in [3.8, 4) is 0 Å². The van der Waals surface area contributed by atoms with E-state index in [0.29, 0.717) is 16.3 Å². The average molecular weight is 540 g/mol. The molecule has 0 aliphatic rings. The Balaban J connectivity index is 1.64. The van der Waals surface area contributed by atoms with Crippen LogP contribution in [-0.2, 0) is 26.2 Å². The van der Waals surface area contributed by atoms with Gasteiger partial charge in [0.15, 0.2) is 5.54 Å². The summed E-state index contributed by atoms with van der Waals surface area (Å²) in [6.07, 6.45) is -1.59. The smallest absolute Gasteiger partial charge is 0.330 e. The molecule has 0 bridgehead atoms. The molecule has 7 heteroatoms. The highest BCUT2D eigenvalue weighted by Crippen LogP contribution is 2.38. The Morgan fingerprint density at radius 3 is 1.97 bits per heavy atom. The highest BCUT2D eigenvalue weighted by atomic mass is 32.2. The number of fused-ring (bicyclic) bond motifs is 2. The van der Waals surface area contributed by atoms with E-state index in [9.17, 15) is 18.3 Å². The molecule has 0 fully saturated rings. The van der Waals surface area contributed by atoms with Gasteiger partial charge in [-0.3, -0.25) is 0 Å². The number of benzene rings is 5. The molecule has 198 valence electrons. The number of esters is 1. The van der Waals surface area contributed by atoms with Gasteiger partial charge in [-0.15, -0.1) is 0 Å². The minimum absolute atomic E-state index is 0.0230. The van der Waals surface area contributed by atoms with Crippen molar-refractivity contribution in [1.29, 1.82) is 0 Å². The summed E-state index contributed by atoms with van der Waals surface area (Å²) in [5.41, 5.74) is 0.00110. The molecule has 2 atom stereocenters. The molecule has 0 aliphatic heterocycles. The van der Waals surface area contributed by atoms with Crippen LogP contribution in [0, 0.1) is 6.92 Å². The first-order chi connectivity index (χ1) is 18.7. The molecule has 5 aromatic rings. The van der Waals surface area contributed by atoms with E-state index in [0.717, 1.165) is 21.9 Å². The second-order valence-corrected chi connectivity index (χ2v) is 11.5. The third-order valence-electron chi connectivity index (χ3n) is 6.95. The van der Waals surface area contributed by atoms with Crippen LogP contribution < -0.4 is 4.72 Å². The fraction of sp³-hybridized carbons (Fsp3) is 0.156. The number of ether oxygens (including phenoxy) is 1. The molecule has 0 radical (unpaired) electrons. The van der Waals surface area contributed by atoms with E-state index >= 15 is 0 Å². The van der Waals surface area contributed by atoms with Crippen LogP contribution in [0.4, 0.5) is 0 Å². The third-order valence-corrected chi connectivity index (χ3v) is 8.53. The standard InChI is InChI=1S/C32H29NO5S/c1-22-16-18-26(19-17-22)39(36,37)33-32(2,31(35)38-21-23-10-4-3-5-11-23)30(34)29-27-14-8-6-12-24(27)20-25-13-7-9-15-28(25)29/h3-20,30,33-34H,21H2,1-2H3/t30-,32+/m0/s1. The van der Waals surface area contributed by atoms with Gasteiger partial charge in [-0.2, -0.15) is 4.72 Å². The van der Waals surface area contributed by atoms with Crippen LogP contribution in [0.2, 0.25) is 0 Å². The number of rotatable bonds is 8. The van der Waals surface area contributed by atoms with Gasteiger partial charge in [0.1, 0.15) is 12.7 Å². The maximum absolute atomic E-state index is 13.8. The second kappa shape index (κ2) is 10.6. The number of carbonyl (C=O) groups is 1. The van der Waals surface area contributed by atoms with Gasteiger partial charge in [0.05, 0.1) is 4.90 Å². The summed E-state index contributed by atoms with van der Waals surface area (Å²) in [7, 11) is -4.23. The van der Waals surface area contributed by atoms with Crippen molar-refractivity contribution in [3.63, 3.8) is 0 Å². The summed E-state index contributed by atoms with van der Waals surface area (Å²) in [5, 5.41) is 15.2. The van der Waals surface area contributed by atoms with Gasteiger partial charge in [0.2, 0.25) is 10.0 Å². The molecule has 0 heterocycles. The quantitative estimate of drug-likeness (QED) is 0.192. The molecular formula is C32H29NO5S. The van der Waals surface area contributed by atoms with Crippen molar-refractivity contribution >= 4 is 37.5 Å². The zero-order valence-corrected chi connectivity index (χ0v) is 22.5. The fourth-order valence-electron chi connectivity index (χ4n) is 4.77. The monoisotopic (exact) mass is 539 g/mol. The van der Waals surface area contributed by atoms with Crippen molar-refractivity contribution in [1.82, 2.24) is 4.72 Å². The van der Waals surface area contributed by atoms with E-state index in [1.807, 2.05) is 79.7 Å². The number of carbonyl (C=O) groups excluding carboxylic acids is 1. The largest absolute Gasteiger partial charge is 0.459 e. The first-order valence-electron chi connectivity index (χ1n) is 12.6. The molecule has 0 saturated heterocycles. The lowest BCUT2D eigenvalue weighted by Gasteiger charge is -2.34. The van der Waals surface area contributed by atoms with Crippen molar-refractivity contribution < 1.29 is 23.1 Å². The number of hydrogen-bond donors (Lipinski definition) is 2. The summed E-state index contributed by atoms with van der Waals surface area (Å²) in [5.74, 6) is -0.897. The van der Waals surface area contributed by atoms with Crippen molar-refractivity contribution in [3.05, 3.63) is 126 Å². The van der Waals surface area contributed by atoms with Crippen LogP contribution in [0.5, 0.6) is 0 Å². The van der Waals surface area contributed by atoms with Gasteiger partial charge in [0, 0.05) is 0 Å². The molecule has 2 N–H and O–H groups in total. The van der Waals surface area contributed by atoms with Crippen LogP contribution in [0.1, 0.15) is 29.7 Å². The number of aryl methyl sites for hydroxylation is 1. The summed E-state index contributed by atoms with van der Waals surface area (Å²) in [6, 6.07) is 32.4. The lowest BCUT2D eigenvalue weighted by atomic mass is 9.84. The molecule has 0 aromatic heterocycles. The number of aliphatic hydroxyl groups is 1. The zero-order valence-electron chi connectivity index (χ0n) is 21.7. The predicted molar refractivity (Wildman–Crippen MR) is 153 cm³/mol. The molecule has 39 heavy (non-hydrogen) atoms. The Bertz CT molecular complexity index is 1700. The lowest BCUT2D eigenvalue weighted by molar-refractivity contribution is -0.156. The first kappa shape index (κ1) is 26.6. The predicted octanol–water partition coefficient (Wildman–Crippen LogP) is 5.82.